The van der Waals surface area contributed by atoms with Crippen LogP contribution in [0.15, 0.2) is 0 Å². The Labute approximate surface area is 224 Å². The molecule has 0 aliphatic heterocycles. The predicted molar refractivity (Wildman–Crippen MR) is 153 cm³/mol. The van der Waals surface area contributed by atoms with Crippen LogP contribution in [-0.4, -0.2) is 12.0 Å². The Bertz CT molecular complexity index is 546. The molecule has 0 heterocycles. The predicted octanol–water partition coefficient (Wildman–Crippen LogP) is 11.3. The normalized spacial score (nSPS) is 32.3. The largest absolute Gasteiger partial charge is 0.298 e. The molecular weight excluding hydrogens is 443 g/mol. The van der Waals surface area contributed by atoms with Gasteiger partial charge in [0, 0.05) is 0 Å². The van der Waals surface area contributed by atoms with Crippen LogP contribution in [-0.2, 0) is 4.79 Å². The van der Waals surface area contributed by atoms with E-state index in [4.69, 9.17) is 0 Å². The first-order chi connectivity index (χ1) is 17.6. The fourth-order valence-corrected chi connectivity index (χ4v) is 8.23. The molecule has 0 N–H and O–H groups in total. The number of Topliss-reactive ketones (excluding diaryl/α,β-unsaturated/α-hetero) is 1. The van der Waals surface area contributed by atoms with Gasteiger partial charge in [0.2, 0.25) is 0 Å². The minimum atomic E-state index is -0.842. The van der Waals surface area contributed by atoms with E-state index in [1.54, 1.807) is 0 Å². The van der Waals surface area contributed by atoms with Gasteiger partial charge >= 0.3 is 0 Å². The number of halogens is 1. The van der Waals surface area contributed by atoms with E-state index in [1.807, 2.05) is 0 Å². The number of unbranched alkanes of at least 4 members (excludes halogenated alkanes) is 14. The van der Waals surface area contributed by atoms with Crippen molar-refractivity contribution in [3.05, 3.63) is 0 Å². The summed E-state index contributed by atoms with van der Waals surface area (Å²) in [6, 6.07) is 0. The van der Waals surface area contributed by atoms with Crippen LogP contribution in [0.5, 0.6) is 0 Å². The molecule has 2 heteroatoms. The highest BCUT2D eigenvalue weighted by atomic mass is 19.1. The molecule has 210 valence electrons. The van der Waals surface area contributed by atoms with Crippen LogP contribution in [0.25, 0.3) is 0 Å². The van der Waals surface area contributed by atoms with E-state index in [1.165, 1.54) is 116 Å². The van der Waals surface area contributed by atoms with Crippen LogP contribution in [0.1, 0.15) is 181 Å². The summed E-state index contributed by atoms with van der Waals surface area (Å²) >= 11 is 0. The zero-order chi connectivity index (χ0) is 25.7. The molecule has 3 rings (SSSR count). The molecule has 1 nitrogen and oxygen atoms in total. The third-order valence-electron chi connectivity index (χ3n) is 10.8. The highest BCUT2D eigenvalue weighted by Gasteiger charge is 2.71. The van der Waals surface area contributed by atoms with Gasteiger partial charge in [-0.25, -0.2) is 4.39 Å². The molecule has 0 saturated heterocycles. The average molecular weight is 505 g/mol. The molecule has 36 heavy (non-hydrogen) atoms. The Balaban J connectivity index is 1.27. The quantitative estimate of drug-likeness (QED) is 0.170. The molecular formula is C34H61FO. The molecule has 0 radical (unpaired) electrons. The second-order valence-electron chi connectivity index (χ2n) is 13.4. The van der Waals surface area contributed by atoms with Gasteiger partial charge in [-0.2, -0.15) is 0 Å². The summed E-state index contributed by atoms with van der Waals surface area (Å²) in [6.07, 6.45) is 31.5. The maximum atomic E-state index is 15.8. The molecule has 0 atom stereocenters. The van der Waals surface area contributed by atoms with Gasteiger partial charge in [0.05, 0.1) is 10.8 Å². The van der Waals surface area contributed by atoms with Crippen LogP contribution < -0.4 is 0 Å². The Morgan fingerprint density at radius 2 is 0.861 bits per heavy atom. The highest BCUT2D eigenvalue weighted by Crippen LogP contribution is 2.65. The van der Waals surface area contributed by atoms with Crippen LogP contribution in [0, 0.1) is 22.7 Å². The van der Waals surface area contributed by atoms with Crippen molar-refractivity contribution < 1.29 is 9.18 Å². The smallest absolute Gasteiger partial charge is 0.151 e. The van der Waals surface area contributed by atoms with Gasteiger partial charge < -0.3 is 0 Å². The Kier molecular flexibility index (Phi) is 13.3. The first-order valence-corrected chi connectivity index (χ1v) is 16.8. The highest BCUT2D eigenvalue weighted by molar-refractivity contribution is 5.98. The zero-order valence-corrected chi connectivity index (χ0v) is 24.4. The van der Waals surface area contributed by atoms with Gasteiger partial charge in [-0.05, 0) is 63.2 Å². The summed E-state index contributed by atoms with van der Waals surface area (Å²) in [4.78, 5) is 13.5. The van der Waals surface area contributed by atoms with Crippen molar-refractivity contribution >= 4 is 5.78 Å². The first-order valence-electron chi connectivity index (χ1n) is 16.8. The van der Waals surface area contributed by atoms with Gasteiger partial charge in [-0.3, -0.25) is 4.79 Å². The number of hydrogen-bond donors (Lipinski definition) is 0. The van der Waals surface area contributed by atoms with Crippen LogP contribution in [0.2, 0.25) is 0 Å². The lowest BCUT2D eigenvalue weighted by molar-refractivity contribution is -0.193. The molecule has 3 saturated carbocycles. The molecule has 0 aromatic carbocycles. The Hall–Kier alpha value is -0.400. The van der Waals surface area contributed by atoms with Gasteiger partial charge in [0.25, 0.3) is 0 Å². The number of carbonyl (C=O) groups is 1. The fourth-order valence-electron chi connectivity index (χ4n) is 8.23. The number of alkyl halides is 1. The van der Waals surface area contributed by atoms with E-state index in [-0.39, 0.29) is 0 Å². The van der Waals surface area contributed by atoms with Crippen molar-refractivity contribution in [2.75, 3.05) is 0 Å². The lowest BCUT2D eigenvalue weighted by Crippen LogP contribution is -2.69. The molecule has 0 amide bonds. The van der Waals surface area contributed by atoms with Crippen LogP contribution >= 0.6 is 0 Å². The summed E-state index contributed by atoms with van der Waals surface area (Å²) < 4.78 is 15.8. The second kappa shape index (κ2) is 15.9. The van der Waals surface area contributed by atoms with Gasteiger partial charge in [-0.15, -0.1) is 0 Å². The van der Waals surface area contributed by atoms with E-state index in [0.717, 1.165) is 63.2 Å². The number of ketones is 1. The van der Waals surface area contributed by atoms with Crippen molar-refractivity contribution in [1.82, 2.24) is 0 Å². The summed E-state index contributed by atoms with van der Waals surface area (Å²) in [6.45, 7) is 4.56. The Morgan fingerprint density at radius 3 is 1.17 bits per heavy atom. The molecule has 0 aromatic rings. The number of hydrogen-bond acceptors (Lipinski definition) is 1. The summed E-state index contributed by atoms with van der Waals surface area (Å²) in [5.74, 6) is 1.85. The SMILES string of the molecule is CCCCCCCCCCC1CC[C@]2(CC1)C(=O)[C@@]1(CCC(CCCCCCCCCC)CC1)C2F. The summed E-state index contributed by atoms with van der Waals surface area (Å²) in [7, 11) is 0. The van der Waals surface area contributed by atoms with Gasteiger partial charge in [-0.1, -0.05) is 129 Å². The molecule has 3 aliphatic rings. The van der Waals surface area contributed by atoms with E-state index in [0.29, 0.717) is 5.78 Å². The molecule has 3 aliphatic carbocycles. The molecule has 3 fully saturated rings. The van der Waals surface area contributed by atoms with Crippen molar-refractivity contribution in [2.45, 2.75) is 187 Å². The Morgan fingerprint density at radius 1 is 0.556 bits per heavy atom. The monoisotopic (exact) mass is 504 g/mol. The van der Waals surface area contributed by atoms with Crippen molar-refractivity contribution in [3.8, 4) is 0 Å². The maximum Gasteiger partial charge on any atom is 0.151 e. The maximum absolute atomic E-state index is 15.8. The van der Waals surface area contributed by atoms with Crippen molar-refractivity contribution in [2.24, 2.45) is 22.7 Å². The van der Waals surface area contributed by atoms with Gasteiger partial charge in [0.15, 0.2) is 5.78 Å². The van der Waals surface area contributed by atoms with E-state index in [9.17, 15) is 4.79 Å². The van der Waals surface area contributed by atoms with Crippen LogP contribution in [0.3, 0.4) is 0 Å². The standard InChI is InChI=1S/C34H61FO/c1-3-5-7-9-11-13-15-17-19-29-21-25-33(26-22-29)31(35)34(32(33)36)27-23-30(24-28-34)20-18-16-14-12-10-8-6-4-2/h29-31H,3-28H2,1-2H3/t29?,30?,31?,33-,34-. The molecule has 2 spiro atoms. The van der Waals surface area contributed by atoms with Crippen molar-refractivity contribution in [1.29, 1.82) is 0 Å². The summed E-state index contributed by atoms with van der Waals surface area (Å²) in [5, 5.41) is 0. The van der Waals surface area contributed by atoms with E-state index < -0.39 is 17.0 Å². The number of rotatable bonds is 18. The minimum Gasteiger partial charge on any atom is -0.298 e. The zero-order valence-electron chi connectivity index (χ0n) is 24.4. The first kappa shape index (κ1) is 30.1. The van der Waals surface area contributed by atoms with E-state index in [2.05, 4.69) is 13.8 Å². The lowest BCUT2D eigenvalue weighted by atomic mass is 9.41. The molecule has 0 unspecified atom stereocenters. The fraction of sp³-hybridized carbons (Fsp3) is 0.971. The average Bonchev–Trinajstić information content (AvgIpc) is 2.92. The summed E-state index contributed by atoms with van der Waals surface area (Å²) in [5.41, 5.74) is -1.14. The second-order valence-corrected chi connectivity index (χ2v) is 13.4. The lowest BCUT2D eigenvalue weighted by Gasteiger charge is -2.61. The van der Waals surface area contributed by atoms with Crippen molar-refractivity contribution in [3.63, 3.8) is 0 Å². The molecule has 0 bridgehead atoms. The third kappa shape index (κ3) is 7.81. The van der Waals surface area contributed by atoms with Gasteiger partial charge in [0.1, 0.15) is 6.17 Å². The van der Waals surface area contributed by atoms with E-state index >= 15 is 4.39 Å². The topological polar surface area (TPSA) is 17.1 Å². The van der Waals surface area contributed by atoms with Crippen LogP contribution in [0.4, 0.5) is 4.39 Å². The molecule has 0 aromatic heterocycles. The number of carbonyl (C=O) groups excluding carboxylic acids is 1. The minimum absolute atomic E-state index is 0.360. The third-order valence-corrected chi connectivity index (χ3v) is 10.8.